The van der Waals surface area contributed by atoms with E-state index in [2.05, 4.69) is 5.32 Å². The molecule has 0 bridgehead atoms. The Bertz CT molecular complexity index is 347. The normalized spacial score (nSPS) is 19.3. The first kappa shape index (κ1) is 16.5. The summed E-state index contributed by atoms with van der Waals surface area (Å²) < 4.78 is 0. The van der Waals surface area contributed by atoms with Crippen LogP contribution in [0.15, 0.2) is 23.1 Å². The van der Waals surface area contributed by atoms with Crippen molar-refractivity contribution in [2.75, 3.05) is 12.3 Å². The summed E-state index contributed by atoms with van der Waals surface area (Å²) >= 11 is 14.0. The van der Waals surface area contributed by atoms with Gasteiger partial charge in [0, 0.05) is 10.9 Å². The van der Waals surface area contributed by atoms with Gasteiger partial charge in [-0.1, -0.05) is 35.7 Å². The smallest absolute Gasteiger partial charge is 0.0556 e. The molecule has 5 heteroatoms. The first-order valence-electron chi connectivity index (χ1n) is 6.07. The van der Waals surface area contributed by atoms with E-state index < -0.39 is 0 Å². The lowest BCUT2D eigenvalue weighted by Crippen LogP contribution is -2.34. The predicted molar refractivity (Wildman–Crippen MR) is 84.7 cm³/mol. The minimum absolute atomic E-state index is 0. The quantitative estimate of drug-likeness (QED) is 0.778. The first-order chi connectivity index (χ1) is 8.27. The molecule has 2 rings (SSSR count). The molecule has 0 aromatic heterocycles. The molecule has 0 spiro atoms. The van der Waals surface area contributed by atoms with Crippen molar-refractivity contribution in [3.63, 3.8) is 0 Å². The van der Waals surface area contributed by atoms with Gasteiger partial charge < -0.3 is 5.32 Å². The fourth-order valence-electron chi connectivity index (χ4n) is 2.09. The molecule has 1 saturated heterocycles. The van der Waals surface area contributed by atoms with Crippen molar-refractivity contribution in [3.8, 4) is 0 Å². The largest absolute Gasteiger partial charge is 0.314 e. The highest BCUT2D eigenvalue weighted by molar-refractivity contribution is 7.99. The summed E-state index contributed by atoms with van der Waals surface area (Å²) in [5.41, 5.74) is 0. The number of rotatable bonds is 4. The second kappa shape index (κ2) is 8.55. The maximum absolute atomic E-state index is 6.13. The van der Waals surface area contributed by atoms with Crippen LogP contribution in [0.5, 0.6) is 0 Å². The van der Waals surface area contributed by atoms with Gasteiger partial charge >= 0.3 is 0 Å². The molecule has 1 unspecified atom stereocenters. The molecule has 102 valence electrons. The number of hydrogen-bond donors (Lipinski definition) is 1. The Hall–Kier alpha value is 0.400. The van der Waals surface area contributed by atoms with Crippen molar-refractivity contribution in [1.29, 1.82) is 0 Å². The fourth-order valence-corrected chi connectivity index (χ4v) is 3.84. The average molecular weight is 327 g/mol. The third-order valence-corrected chi connectivity index (χ3v) is 5.07. The van der Waals surface area contributed by atoms with Gasteiger partial charge in [0.1, 0.15) is 0 Å². The Kier molecular flexibility index (Phi) is 7.81. The molecule has 0 amide bonds. The number of halogens is 3. The van der Waals surface area contributed by atoms with E-state index in [0.29, 0.717) is 6.04 Å². The number of benzene rings is 1. The monoisotopic (exact) mass is 325 g/mol. The highest BCUT2D eigenvalue weighted by atomic mass is 35.5. The summed E-state index contributed by atoms with van der Waals surface area (Å²) in [5, 5.41) is 5.08. The van der Waals surface area contributed by atoms with Gasteiger partial charge in [0.05, 0.1) is 10.0 Å². The van der Waals surface area contributed by atoms with Gasteiger partial charge in [-0.2, -0.15) is 0 Å². The van der Waals surface area contributed by atoms with Gasteiger partial charge in [0.25, 0.3) is 0 Å². The summed E-state index contributed by atoms with van der Waals surface area (Å²) in [5.74, 6) is 1.07. The van der Waals surface area contributed by atoms with E-state index in [1.807, 2.05) is 18.2 Å². The first-order valence-corrected chi connectivity index (χ1v) is 7.82. The molecule has 1 atom stereocenters. The second-order valence-electron chi connectivity index (χ2n) is 4.33. The number of thioether (sulfide) groups is 1. The minimum Gasteiger partial charge on any atom is -0.314 e. The van der Waals surface area contributed by atoms with Crippen molar-refractivity contribution < 1.29 is 0 Å². The lowest BCUT2D eigenvalue weighted by atomic mass is 10.0. The Morgan fingerprint density at radius 2 is 1.94 bits per heavy atom. The molecule has 18 heavy (non-hydrogen) atoms. The highest BCUT2D eigenvalue weighted by Gasteiger charge is 2.13. The van der Waals surface area contributed by atoms with Crippen LogP contribution in [0.4, 0.5) is 0 Å². The van der Waals surface area contributed by atoms with Crippen molar-refractivity contribution >= 4 is 47.4 Å². The lowest BCUT2D eigenvalue weighted by molar-refractivity contribution is 0.395. The Morgan fingerprint density at radius 1 is 1.22 bits per heavy atom. The fraction of sp³-hybridized carbons (Fsp3) is 0.538. The van der Waals surface area contributed by atoms with Crippen LogP contribution in [0.2, 0.25) is 10.0 Å². The summed E-state index contributed by atoms with van der Waals surface area (Å²) in [4.78, 5) is 1.02. The molecule has 1 N–H and O–H groups in total. The van der Waals surface area contributed by atoms with Crippen LogP contribution in [0.3, 0.4) is 0 Å². The van der Waals surface area contributed by atoms with Gasteiger partial charge in [0.15, 0.2) is 0 Å². The second-order valence-corrected chi connectivity index (χ2v) is 6.25. The van der Waals surface area contributed by atoms with Crippen LogP contribution in [0, 0.1) is 0 Å². The Morgan fingerprint density at radius 3 is 2.56 bits per heavy atom. The molecule has 1 aromatic rings. The topological polar surface area (TPSA) is 12.0 Å². The summed E-state index contributed by atoms with van der Waals surface area (Å²) in [6.45, 7) is 1.17. The number of hydrogen-bond acceptors (Lipinski definition) is 2. The average Bonchev–Trinajstić information content (AvgIpc) is 2.34. The molecular formula is C13H18Cl3NS. The summed E-state index contributed by atoms with van der Waals surface area (Å²) in [6.07, 6.45) is 5.16. The summed E-state index contributed by atoms with van der Waals surface area (Å²) in [7, 11) is 0. The van der Waals surface area contributed by atoms with Crippen molar-refractivity contribution in [3.05, 3.63) is 28.2 Å². The number of piperidine rings is 1. The Labute approximate surface area is 129 Å². The van der Waals surface area contributed by atoms with Gasteiger partial charge in [0.2, 0.25) is 0 Å². The van der Waals surface area contributed by atoms with E-state index in [-0.39, 0.29) is 12.4 Å². The van der Waals surface area contributed by atoms with Gasteiger partial charge in [-0.3, -0.25) is 0 Å². The van der Waals surface area contributed by atoms with Gasteiger partial charge in [-0.25, -0.2) is 0 Å². The molecule has 1 aliphatic rings. The predicted octanol–water partition coefficient (Wildman–Crippen LogP) is 5.04. The van der Waals surface area contributed by atoms with Gasteiger partial charge in [-0.05, 0) is 43.7 Å². The van der Waals surface area contributed by atoms with E-state index >= 15 is 0 Å². The molecule has 1 heterocycles. The molecule has 1 nitrogen and oxygen atoms in total. The minimum atomic E-state index is 0. The molecule has 1 fully saturated rings. The van der Waals surface area contributed by atoms with E-state index in [4.69, 9.17) is 23.2 Å². The zero-order valence-corrected chi connectivity index (χ0v) is 13.3. The van der Waals surface area contributed by atoms with Crippen molar-refractivity contribution in [1.82, 2.24) is 5.32 Å². The summed E-state index contributed by atoms with van der Waals surface area (Å²) in [6, 6.07) is 6.36. The zero-order chi connectivity index (χ0) is 12.1. The highest BCUT2D eigenvalue weighted by Crippen LogP contribution is 2.34. The third-order valence-electron chi connectivity index (χ3n) is 3.04. The maximum Gasteiger partial charge on any atom is 0.0556 e. The zero-order valence-electron chi connectivity index (χ0n) is 10.1. The molecule has 0 radical (unpaired) electrons. The van der Waals surface area contributed by atoms with Crippen LogP contribution < -0.4 is 5.32 Å². The van der Waals surface area contributed by atoms with Crippen LogP contribution in [-0.4, -0.2) is 18.3 Å². The molecular weight excluding hydrogens is 309 g/mol. The van der Waals surface area contributed by atoms with Gasteiger partial charge in [-0.15, -0.1) is 24.2 Å². The van der Waals surface area contributed by atoms with E-state index in [1.165, 1.54) is 32.2 Å². The van der Waals surface area contributed by atoms with Crippen molar-refractivity contribution in [2.45, 2.75) is 36.6 Å². The molecule has 1 aromatic carbocycles. The van der Waals surface area contributed by atoms with E-state index in [0.717, 1.165) is 20.7 Å². The lowest BCUT2D eigenvalue weighted by Gasteiger charge is -2.23. The standard InChI is InChI=1S/C13H17Cl2NS.ClH/c14-11-5-3-6-12(15)13(11)17-9-7-10-4-1-2-8-16-10;/h3,5-6,10,16H,1-2,4,7-9H2;1H. The number of nitrogens with one attached hydrogen (secondary N) is 1. The van der Waals surface area contributed by atoms with Crippen LogP contribution in [0.25, 0.3) is 0 Å². The SMILES string of the molecule is Cl.Clc1cccc(Cl)c1SCCC1CCCCN1. The van der Waals surface area contributed by atoms with E-state index in [1.54, 1.807) is 11.8 Å². The Balaban J connectivity index is 0.00000162. The maximum atomic E-state index is 6.13. The molecule has 0 aliphatic carbocycles. The molecule has 0 saturated carbocycles. The van der Waals surface area contributed by atoms with Crippen molar-refractivity contribution in [2.24, 2.45) is 0 Å². The van der Waals surface area contributed by atoms with Crippen LogP contribution in [-0.2, 0) is 0 Å². The molecule has 1 aliphatic heterocycles. The van der Waals surface area contributed by atoms with Crippen LogP contribution in [0.1, 0.15) is 25.7 Å². The third kappa shape index (κ3) is 4.82. The van der Waals surface area contributed by atoms with E-state index in [9.17, 15) is 0 Å². The van der Waals surface area contributed by atoms with Crippen LogP contribution >= 0.6 is 47.4 Å².